The Morgan fingerprint density at radius 1 is 0.308 bits per heavy atom. The van der Waals surface area contributed by atoms with Crippen molar-refractivity contribution in [2.24, 2.45) is 0 Å². The van der Waals surface area contributed by atoms with Crippen molar-refractivity contribution >= 4 is 28.8 Å². The van der Waals surface area contributed by atoms with Crippen LogP contribution < -0.4 is 9.64 Å². The van der Waals surface area contributed by atoms with Gasteiger partial charge in [-0.05, 0) is 116 Å². The highest BCUT2D eigenvalue weighted by Crippen LogP contribution is 2.65. The third-order valence-electron chi connectivity index (χ3n) is 14.4. The second-order valence-electron chi connectivity index (χ2n) is 17.5. The number of rotatable bonds is 4. The number of benzene rings is 10. The van der Waals surface area contributed by atoms with Crippen LogP contribution in [0.5, 0.6) is 11.5 Å². The van der Waals surface area contributed by atoms with Crippen LogP contribution in [0.15, 0.2) is 246 Å². The number of hydrogen-bond acceptors (Lipinski definition) is 3. The van der Waals surface area contributed by atoms with Crippen LogP contribution in [0.25, 0.3) is 33.4 Å². The van der Waals surface area contributed by atoms with Crippen molar-refractivity contribution in [3.63, 3.8) is 0 Å². The molecule has 4 aliphatic rings. The fourth-order valence-electron chi connectivity index (χ4n) is 11.9. The Bertz CT molecular complexity index is 3500. The lowest BCUT2D eigenvalue weighted by Gasteiger charge is -2.40. The number of hydrogen-bond donors (Lipinski definition) is 0. The van der Waals surface area contributed by atoms with E-state index in [1.807, 2.05) is 11.8 Å². The quantitative estimate of drug-likeness (QED) is 0.175. The molecule has 10 aromatic rings. The molecule has 2 aliphatic carbocycles. The van der Waals surface area contributed by atoms with Gasteiger partial charge in [0, 0.05) is 37.9 Å². The summed E-state index contributed by atoms with van der Waals surface area (Å²) in [6.07, 6.45) is 0. The van der Waals surface area contributed by atoms with Crippen molar-refractivity contribution in [3.05, 3.63) is 281 Å². The number of fused-ring (bicyclic) bond motifs is 18. The van der Waals surface area contributed by atoms with E-state index in [1.165, 1.54) is 87.7 Å². The van der Waals surface area contributed by atoms with E-state index in [4.69, 9.17) is 4.74 Å². The van der Waals surface area contributed by atoms with Crippen LogP contribution >= 0.6 is 11.8 Å². The Kier molecular flexibility index (Phi) is 7.79. The van der Waals surface area contributed by atoms with Crippen LogP contribution in [0.3, 0.4) is 0 Å². The zero-order valence-corrected chi connectivity index (χ0v) is 36.1. The number of ether oxygens (including phenoxy) is 1. The Hall–Kier alpha value is -7.85. The topological polar surface area (TPSA) is 12.5 Å². The minimum absolute atomic E-state index is 0.502. The van der Waals surface area contributed by atoms with E-state index in [0.29, 0.717) is 0 Å². The predicted octanol–water partition coefficient (Wildman–Crippen LogP) is 16.1. The lowest BCUT2D eigenvalue weighted by Crippen LogP contribution is -2.32. The van der Waals surface area contributed by atoms with Gasteiger partial charge in [-0.3, -0.25) is 0 Å². The van der Waals surface area contributed by atoms with Gasteiger partial charge in [0.25, 0.3) is 0 Å². The minimum Gasteiger partial charge on any atom is -0.457 e. The molecule has 0 radical (unpaired) electrons. The van der Waals surface area contributed by atoms with Crippen molar-refractivity contribution in [2.45, 2.75) is 20.6 Å². The van der Waals surface area contributed by atoms with E-state index < -0.39 is 10.8 Å². The lowest BCUT2D eigenvalue weighted by atomic mass is 9.66. The molecular weight excluding hydrogens is 807 g/mol. The number of para-hydroxylation sites is 3. The summed E-state index contributed by atoms with van der Waals surface area (Å²) in [6, 6.07) is 87.6. The van der Waals surface area contributed by atoms with Gasteiger partial charge in [-0.25, -0.2) is 0 Å². The van der Waals surface area contributed by atoms with Gasteiger partial charge in [-0.15, -0.1) is 0 Å². The largest absolute Gasteiger partial charge is 0.457 e. The Morgan fingerprint density at radius 2 is 0.754 bits per heavy atom. The van der Waals surface area contributed by atoms with Crippen LogP contribution in [0.1, 0.15) is 44.5 Å². The number of nitrogens with zero attached hydrogens (tertiary/aromatic N) is 1. The summed E-state index contributed by atoms with van der Waals surface area (Å²) in [5.41, 5.74) is 19.8. The average Bonchev–Trinajstić information content (AvgIpc) is 3.82. The smallest absolute Gasteiger partial charge is 0.132 e. The molecule has 0 atom stereocenters. The maximum absolute atomic E-state index is 6.67. The zero-order chi connectivity index (χ0) is 42.7. The fraction of sp³-hybridized carbons (Fsp3) is 0.0323. The summed E-state index contributed by atoms with van der Waals surface area (Å²) in [5.74, 6) is 1.79. The average molecular weight is 846 g/mol. The third kappa shape index (κ3) is 4.91. The van der Waals surface area contributed by atoms with E-state index >= 15 is 0 Å². The van der Waals surface area contributed by atoms with Crippen molar-refractivity contribution in [2.75, 3.05) is 4.90 Å². The highest BCUT2D eigenvalue weighted by Gasteiger charge is 2.52. The summed E-state index contributed by atoms with van der Waals surface area (Å²) in [5, 5.41) is 0. The molecule has 304 valence electrons. The molecule has 2 aliphatic heterocycles. The van der Waals surface area contributed by atoms with Gasteiger partial charge in [0.1, 0.15) is 11.5 Å². The van der Waals surface area contributed by atoms with Gasteiger partial charge in [-0.2, -0.15) is 0 Å². The first-order valence-corrected chi connectivity index (χ1v) is 23.2. The SMILES string of the molecule is c1ccc(-c2ccccc2N(c2ccc3c(c2)-c2ccccc2C32c3ccccc3Oc3ccccc32)c2ccc3c(c2)C2(c4ccccc4Sc4ccccc42)c2ccccc2-3)cc1. The highest BCUT2D eigenvalue weighted by molar-refractivity contribution is 7.99. The van der Waals surface area contributed by atoms with Gasteiger partial charge in [-0.1, -0.05) is 194 Å². The summed E-state index contributed by atoms with van der Waals surface area (Å²) in [6.45, 7) is 0. The molecule has 14 rings (SSSR count). The van der Waals surface area contributed by atoms with E-state index in [2.05, 4.69) is 241 Å². The van der Waals surface area contributed by atoms with E-state index in [1.54, 1.807) is 0 Å². The molecule has 10 aromatic carbocycles. The van der Waals surface area contributed by atoms with Crippen LogP contribution in [0.4, 0.5) is 17.1 Å². The Labute approximate surface area is 383 Å². The van der Waals surface area contributed by atoms with Crippen LogP contribution in [0.2, 0.25) is 0 Å². The fourth-order valence-corrected chi connectivity index (χ4v) is 13.1. The highest BCUT2D eigenvalue weighted by atomic mass is 32.2. The van der Waals surface area contributed by atoms with Crippen molar-refractivity contribution in [1.29, 1.82) is 0 Å². The summed E-state index contributed by atoms with van der Waals surface area (Å²) in [7, 11) is 0. The van der Waals surface area contributed by atoms with E-state index in [9.17, 15) is 0 Å². The first-order chi connectivity index (χ1) is 32.2. The van der Waals surface area contributed by atoms with Gasteiger partial charge in [0.05, 0.1) is 16.5 Å². The first kappa shape index (κ1) is 36.6. The molecule has 0 amide bonds. The Balaban J connectivity index is 1.05. The molecule has 65 heavy (non-hydrogen) atoms. The molecule has 0 bridgehead atoms. The van der Waals surface area contributed by atoms with Crippen molar-refractivity contribution in [1.82, 2.24) is 0 Å². The van der Waals surface area contributed by atoms with Crippen molar-refractivity contribution in [3.8, 4) is 44.9 Å². The molecule has 0 saturated carbocycles. The molecule has 0 N–H and O–H groups in total. The zero-order valence-electron chi connectivity index (χ0n) is 35.3. The maximum atomic E-state index is 6.67. The summed E-state index contributed by atoms with van der Waals surface area (Å²) < 4.78 is 6.67. The predicted molar refractivity (Wildman–Crippen MR) is 265 cm³/mol. The third-order valence-corrected chi connectivity index (χ3v) is 15.6. The van der Waals surface area contributed by atoms with E-state index in [-0.39, 0.29) is 0 Å². The second kappa shape index (κ2) is 13.8. The summed E-state index contributed by atoms with van der Waals surface area (Å²) in [4.78, 5) is 5.11. The molecule has 0 unspecified atom stereocenters. The maximum Gasteiger partial charge on any atom is 0.132 e. The monoisotopic (exact) mass is 845 g/mol. The molecule has 2 heterocycles. The standard InChI is InChI=1S/C62H39NOS/c1-2-18-40(19-3-1)43-20-6-13-29-56(43)63(41-35-37-50-47(38-41)45-22-5-8-24-49(45)61(50)51-25-9-14-30-57(51)64-58-31-15-10-26-52(58)61)42-34-36-46-44-21-4-7-23-48(44)62(55(46)39-42)53-27-11-16-32-59(53)65-60-33-17-12-28-54(60)62/h1-39H. The molecule has 2 nitrogen and oxygen atoms in total. The number of anilines is 3. The lowest BCUT2D eigenvalue weighted by molar-refractivity contribution is 0.436. The van der Waals surface area contributed by atoms with Gasteiger partial charge in [0.2, 0.25) is 0 Å². The van der Waals surface area contributed by atoms with Gasteiger partial charge in [0.15, 0.2) is 0 Å². The normalized spacial score (nSPS) is 14.5. The van der Waals surface area contributed by atoms with Gasteiger partial charge >= 0.3 is 0 Å². The Morgan fingerprint density at radius 3 is 1.42 bits per heavy atom. The molecule has 0 fully saturated rings. The van der Waals surface area contributed by atoms with Crippen LogP contribution in [-0.4, -0.2) is 0 Å². The van der Waals surface area contributed by atoms with Crippen LogP contribution in [-0.2, 0) is 10.8 Å². The molecule has 3 heteroatoms. The van der Waals surface area contributed by atoms with Gasteiger partial charge < -0.3 is 9.64 Å². The summed E-state index contributed by atoms with van der Waals surface area (Å²) >= 11 is 1.88. The van der Waals surface area contributed by atoms with Crippen LogP contribution in [0, 0.1) is 0 Å². The second-order valence-corrected chi connectivity index (χ2v) is 18.5. The molecule has 0 saturated heterocycles. The molecule has 0 aromatic heterocycles. The molecule has 2 spiro atoms. The first-order valence-electron chi connectivity index (χ1n) is 22.4. The van der Waals surface area contributed by atoms with Crippen molar-refractivity contribution < 1.29 is 4.74 Å². The minimum atomic E-state index is -0.547. The van der Waals surface area contributed by atoms with E-state index in [0.717, 1.165) is 28.6 Å². The molecular formula is C62H39NOS.